The quantitative estimate of drug-likeness (QED) is 0.885. The van der Waals surface area contributed by atoms with Crippen LogP contribution >= 0.6 is 0 Å². The van der Waals surface area contributed by atoms with Crippen molar-refractivity contribution >= 4 is 17.3 Å². The van der Waals surface area contributed by atoms with Crippen LogP contribution in [0.4, 0.5) is 18.9 Å². The number of nitrogens with one attached hydrogen (secondary N) is 1. The van der Waals surface area contributed by atoms with Gasteiger partial charge in [-0.25, -0.2) is 0 Å². The second-order valence-corrected chi connectivity index (χ2v) is 3.74. The molecule has 0 aromatic heterocycles. The van der Waals surface area contributed by atoms with Crippen molar-refractivity contribution in [1.29, 1.82) is 5.41 Å². The molecule has 7 heteroatoms. The SMILES string of the molecule is COc1cccc2c1N(CC(F)(F)F)C(=N)C2=O. The maximum atomic E-state index is 12.4. The van der Waals surface area contributed by atoms with Crippen molar-refractivity contribution in [3.8, 4) is 5.75 Å². The number of benzene rings is 1. The van der Waals surface area contributed by atoms with E-state index in [1.807, 2.05) is 0 Å². The van der Waals surface area contributed by atoms with E-state index < -0.39 is 24.3 Å². The summed E-state index contributed by atoms with van der Waals surface area (Å²) in [5.74, 6) is -1.27. The van der Waals surface area contributed by atoms with Crippen LogP contribution in [0.15, 0.2) is 18.2 Å². The van der Waals surface area contributed by atoms with Gasteiger partial charge in [-0.15, -0.1) is 0 Å². The lowest BCUT2D eigenvalue weighted by Gasteiger charge is -2.21. The molecule has 4 nitrogen and oxygen atoms in total. The number of amidine groups is 1. The molecule has 96 valence electrons. The van der Waals surface area contributed by atoms with Crippen LogP contribution in [-0.4, -0.2) is 31.4 Å². The highest BCUT2D eigenvalue weighted by molar-refractivity contribution is 6.53. The van der Waals surface area contributed by atoms with Crippen molar-refractivity contribution in [2.24, 2.45) is 0 Å². The number of ether oxygens (including phenoxy) is 1. The molecule has 0 unspecified atom stereocenters. The smallest absolute Gasteiger partial charge is 0.406 e. The molecular formula is C11H9F3N2O2. The lowest BCUT2D eigenvalue weighted by molar-refractivity contribution is -0.117. The highest BCUT2D eigenvalue weighted by Gasteiger charge is 2.41. The minimum absolute atomic E-state index is 0.00678. The molecule has 0 atom stereocenters. The van der Waals surface area contributed by atoms with E-state index in [0.29, 0.717) is 4.90 Å². The lowest BCUT2D eigenvalue weighted by Crippen LogP contribution is -2.37. The predicted octanol–water partition coefficient (Wildman–Crippen LogP) is 2.24. The number of Topliss-reactive ketones (excluding diaryl/α,β-unsaturated/α-hetero) is 1. The van der Waals surface area contributed by atoms with E-state index in [4.69, 9.17) is 10.1 Å². The zero-order valence-electron chi connectivity index (χ0n) is 9.34. The van der Waals surface area contributed by atoms with Crippen molar-refractivity contribution in [2.45, 2.75) is 6.18 Å². The van der Waals surface area contributed by atoms with Crippen molar-refractivity contribution in [2.75, 3.05) is 18.6 Å². The lowest BCUT2D eigenvalue weighted by atomic mass is 10.1. The number of nitrogens with zero attached hydrogens (tertiary/aromatic N) is 1. The summed E-state index contributed by atoms with van der Waals surface area (Å²) >= 11 is 0. The highest BCUT2D eigenvalue weighted by atomic mass is 19.4. The number of hydrogen-bond acceptors (Lipinski definition) is 3. The molecule has 0 amide bonds. The molecule has 1 aromatic carbocycles. The summed E-state index contributed by atoms with van der Waals surface area (Å²) in [5.41, 5.74) is 0.0657. The topological polar surface area (TPSA) is 53.4 Å². The number of carbonyl (C=O) groups excluding carboxylic acids is 1. The first-order valence-corrected chi connectivity index (χ1v) is 4.99. The zero-order chi connectivity index (χ0) is 13.5. The van der Waals surface area contributed by atoms with Crippen LogP contribution in [0.25, 0.3) is 0 Å². The predicted molar refractivity (Wildman–Crippen MR) is 58.5 cm³/mol. The van der Waals surface area contributed by atoms with Crippen molar-refractivity contribution in [3.05, 3.63) is 23.8 Å². The van der Waals surface area contributed by atoms with E-state index in [-0.39, 0.29) is 17.0 Å². The first kappa shape index (κ1) is 12.4. The number of rotatable bonds is 2. The van der Waals surface area contributed by atoms with E-state index in [2.05, 4.69) is 0 Å². The number of ketones is 1. The Morgan fingerprint density at radius 3 is 2.61 bits per heavy atom. The molecule has 0 saturated carbocycles. The van der Waals surface area contributed by atoms with Crippen LogP contribution < -0.4 is 9.64 Å². The molecule has 1 aliphatic rings. The molecule has 1 aliphatic heterocycles. The fourth-order valence-corrected chi connectivity index (χ4v) is 1.85. The van der Waals surface area contributed by atoms with Crippen molar-refractivity contribution < 1.29 is 22.7 Å². The third-order valence-corrected chi connectivity index (χ3v) is 2.56. The van der Waals surface area contributed by atoms with Crippen molar-refractivity contribution in [3.63, 3.8) is 0 Å². The molecule has 2 rings (SSSR count). The number of alkyl halides is 3. The van der Waals surface area contributed by atoms with Gasteiger partial charge in [0.2, 0.25) is 5.78 Å². The van der Waals surface area contributed by atoms with Gasteiger partial charge in [0, 0.05) is 0 Å². The number of hydrogen-bond donors (Lipinski definition) is 1. The Bertz CT molecular complexity index is 526. The van der Waals surface area contributed by atoms with Gasteiger partial charge in [0.25, 0.3) is 0 Å². The first-order valence-electron chi connectivity index (χ1n) is 4.99. The molecule has 0 aliphatic carbocycles. The first-order chi connectivity index (χ1) is 8.35. The summed E-state index contributed by atoms with van der Waals surface area (Å²) in [6.07, 6.45) is -4.50. The Hall–Kier alpha value is -2.05. The van der Waals surface area contributed by atoms with Gasteiger partial charge in [0.1, 0.15) is 12.3 Å². The Balaban J connectivity index is 2.53. The van der Waals surface area contributed by atoms with Crippen LogP contribution in [-0.2, 0) is 0 Å². The van der Waals surface area contributed by atoms with Crippen LogP contribution in [0.3, 0.4) is 0 Å². The number of carbonyl (C=O) groups is 1. The molecule has 18 heavy (non-hydrogen) atoms. The Morgan fingerprint density at radius 1 is 1.39 bits per heavy atom. The minimum Gasteiger partial charge on any atom is -0.495 e. The van der Waals surface area contributed by atoms with Gasteiger partial charge >= 0.3 is 6.18 Å². The summed E-state index contributed by atoms with van der Waals surface area (Å²) in [7, 11) is 1.30. The molecule has 1 aromatic rings. The molecule has 1 N–H and O–H groups in total. The number of halogens is 3. The molecule has 0 spiro atoms. The Morgan fingerprint density at radius 2 is 2.06 bits per heavy atom. The van der Waals surface area contributed by atoms with E-state index in [1.165, 1.54) is 25.3 Å². The fourth-order valence-electron chi connectivity index (χ4n) is 1.85. The molecule has 0 bridgehead atoms. The average Bonchev–Trinajstić information content (AvgIpc) is 2.53. The van der Waals surface area contributed by atoms with Gasteiger partial charge in [0.15, 0.2) is 5.84 Å². The van der Waals surface area contributed by atoms with Gasteiger partial charge in [-0.2, -0.15) is 13.2 Å². The van der Waals surface area contributed by atoms with Crippen molar-refractivity contribution in [1.82, 2.24) is 0 Å². The summed E-state index contributed by atoms with van der Waals surface area (Å²) < 4.78 is 42.3. The number of fused-ring (bicyclic) bond motifs is 1. The maximum absolute atomic E-state index is 12.4. The normalized spacial score (nSPS) is 15.0. The van der Waals surface area contributed by atoms with Gasteiger partial charge < -0.3 is 9.64 Å². The Labute approximate surface area is 100 Å². The number of para-hydroxylation sites is 1. The summed E-state index contributed by atoms with van der Waals surface area (Å²) in [4.78, 5) is 12.3. The van der Waals surface area contributed by atoms with Gasteiger partial charge in [-0.3, -0.25) is 10.2 Å². The zero-order valence-corrected chi connectivity index (χ0v) is 9.34. The number of anilines is 1. The highest BCUT2D eigenvalue weighted by Crippen LogP contribution is 2.39. The van der Waals surface area contributed by atoms with E-state index in [9.17, 15) is 18.0 Å². The molecule has 0 fully saturated rings. The second-order valence-electron chi connectivity index (χ2n) is 3.74. The van der Waals surface area contributed by atoms with E-state index >= 15 is 0 Å². The van der Waals surface area contributed by atoms with Crippen LogP contribution in [0.1, 0.15) is 10.4 Å². The number of methoxy groups -OCH3 is 1. The van der Waals surface area contributed by atoms with Crippen LogP contribution in [0, 0.1) is 5.41 Å². The monoisotopic (exact) mass is 258 g/mol. The summed E-state index contributed by atoms with van der Waals surface area (Å²) in [6.45, 7) is -1.38. The summed E-state index contributed by atoms with van der Waals surface area (Å²) in [5, 5.41) is 7.47. The summed E-state index contributed by atoms with van der Waals surface area (Å²) in [6, 6.07) is 4.33. The third-order valence-electron chi connectivity index (χ3n) is 2.56. The molecule has 0 saturated heterocycles. The second kappa shape index (κ2) is 4.01. The molecule has 0 radical (unpaired) electrons. The van der Waals surface area contributed by atoms with Gasteiger partial charge in [-0.1, -0.05) is 6.07 Å². The Kier molecular flexibility index (Phi) is 2.76. The fraction of sp³-hybridized carbons (Fsp3) is 0.273. The third kappa shape index (κ3) is 1.92. The standard InChI is InChI=1S/C11H9F3N2O2/c1-18-7-4-2-3-6-8(7)16(5-11(12,13)14)10(15)9(6)17/h2-4,15H,5H2,1H3. The largest absolute Gasteiger partial charge is 0.495 e. The minimum atomic E-state index is -4.50. The maximum Gasteiger partial charge on any atom is 0.406 e. The van der Waals surface area contributed by atoms with E-state index in [1.54, 1.807) is 0 Å². The van der Waals surface area contributed by atoms with Gasteiger partial charge in [0.05, 0.1) is 18.4 Å². The average molecular weight is 258 g/mol. The molecular weight excluding hydrogens is 249 g/mol. The van der Waals surface area contributed by atoms with Crippen LogP contribution in [0.5, 0.6) is 5.75 Å². The molecule has 1 heterocycles. The van der Waals surface area contributed by atoms with Gasteiger partial charge in [-0.05, 0) is 12.1 Å². The van der Waals surface area contributed by atoms with E-state index in [0.717, 1.165) is 0 Å². The van der Waals surface area contributed by atoms with Crippen LogP contribution in [0.2, 0.25) is 0 Å².